The molecule has 7 rings (SSSR count). The van der Waals surface area contributed by atoms with Crippen LogP contribution < -0.4 is 19.8 Å². The van der Waals surface area contributed by atoms with Crippen molar-refractivity contribution in [3.05, 3.63) is 139 Å². The van der Waals surface area contributed by atoms with Crippen molar-refractivity contribution in [2.45, 2.75) is 25.8 Å². The second-order valence-corrected chi connectivity index (χ2v) is 13.0. The number of anilines is 3. The summed E-state index contributed by atoms with van der Waals surface area (Å²) in [5.41, 5.74) is 5.64. The Balaban J connectivity index is 1.01. The third-order valence-corrected chi connectivity index (χ3v) is 8.73. The number of hydrogen-bond acceptors (Lipinski definition) is 10. The minimum Gasteiger partial charge on any atom is -0.356 e. The zero-order valence-electron chi connectivity index (χ0n) is 30.8. The first-order chi connectivity index (χ1) is 26.3. The normalized spacial score (nSPS) is 11.6. The highest BCUT2D eigenvalue weighted by Crippen LogP contribution is 2.23. The Kier molecular flexibility index (Phi) is 10.9. The molecule has 15 nitrogen and oxygen atoms in total. The van der Waals surface area contributed by atoms with Gasteiger partial charge in [-0.3, -0.25) is 0 Å². The van der Waals surface area contributed by atoms with Crippen LogP contribution in [-0.2, 0) is 47.6 Å². The fourth-order valence-electron chi connectivity index (χ4n) is 5.77. The van der Waals surface area contributed by atoms with Crippen LogP contribution in [0.2, 0.25) is 0 Å². The highest BCUT2D eigenvalue weighted by atomic mass is 15.3. The van der Waals surface area contributed by atoms with Crippen LogP contribution in [0.25, 0.3) is 0 Å². The molecule has 3 aromatic carbocycles. The number of hydrogen-bond donors (Lipinski definition) is 2. The number of nitrogens with one attached hydrogen (secondary N) is 2. The molecule has 0 fully saturated rings. The molecular weight excluding hydrogens is 679 g/mol. The van der Waals surface area contributed by atoms with E-state index in [9.17, 15) is 0 Å². The maximum absolute atomic E-state index is 4.89. The van der Waals surface area contributed by atoms with Crippen LogP contribution in [0.15, 0.2) is 137 Å². The van der Waals surface area contributed by atoms with Crippen molar-refractivity contribution in [2.75, 3.05) is 17.2 Å². The van der Waals surface area contributed by atoms with Gasteiger partial charge in [0, 0.05) is 59.9 Å². The Morgan fingerprint density at radius 2 is 1.15 bits per heavy atom. The zero-order chi connectivity index (χ0) is 37.3. The minimum absolute atomic E-state index is 0.553. The summed E-state index contributed by atoms with van der Waals surface area (Å²) in [5, 5.41) is 24.5. The van der Waals surface area contributed by atoms with E-state index in [0.29, 0.717) is 30.4 Å². The third kappa shape index (κ3) is 9.30. The maximum atomic E-state index is 4.89. The van der Waals surface area contributed by atoms with Gasteiger partial charge in [-0.25, -0.2) is 28.2 Å². The van der Waals surface area contributed by atoms with Gasteiger partial charge >= 0.3 is 11.9 Å². The van der Waals surface area contributed by atoms with E-state index in [1.165, 1.54) is 0 Å². The van der Waals surface area contributed by atoms with Crippen LogP contribution in [0, 0.1) is 0 Å². The van der Waals surface area contributed by atoms with Crippen LogP contribution in [0.4, 0.5) is 40.6 Å². The molecule has 7 aromatic rings. The topological polar surface area (TPSA) is 148 Å². The molecule has 272 valence electrons. The minimum atomic E-state index is 0.553. The Morgan fingerprint density at radius 1 is 0.630 bits per heavy atom. The molecule has 0 atom stereocenters. The number of nitrogens with zero attached hydrogens (tertiary/aromatic N) is 13. The Morgan fingerprint density at radius 3 is 1.65 bits per heavy atom. The predicted molar refractivity (Wildman–Crippen MR) is 205 cm³/mol. The molecule has 54 heavy (non-hydrogen) atoms. The molecular formula is C39H43N15+2. The van der Waals surface area contributed by atoms with Crippen molar-refractivity contribution in [1.82, 2.24) is 33.6 Å². The lowest BCUT2D eigenvalue weighted by Gasteiger charge is -2.11. The summed E-state index contributed by atoms with van der Waals surface area (Å²) in [7, 11) is 7.77. The van der Waals surface area contributed by atoms with E-state index in [0.717, 1.165) is 65.3 Å². The fraction of sp³-hybridized carbons (Fsp3) is 0.231. The lowest BCUT2D eigenvalue weighted by atomic mass is 10.1. The third-order valence-electron chi connectivity index (χ3n) is 8.73. The quantitative estimate of drug-likeness (QED) is 0.0688. The molecule has 0 aliphatic rings. The number of rotatable bonds is 15. The van der Waals surface area contributed by atoms with Gasteiger partial charge in [-0.15, -0.1) is 0 Å². The molecule has 4 aromatic heterocycles. The van der Waals surface area contributed by atoms with Crippen molar-refractivity contribution in [2.24, 2.45) is 48.6 Å². The average molecular weight is 722 g/mol. The van der Waals surface area contributed by atoms with Gasteiger partial charge in [0.1, 0.15) is 23.0 Å². The van der Waals surface area contributed by atoms with Crippen molar-refractivity contribution < 1.29 is 9.13 Å². The highest BCUT2D eigenvalue weighted by Gasteiger charge is 2.13. The second-order valence-electron chi connectivity index (χ2n) is 13.0. The van der Waals surface area contributed by atoms with Crippen LogP contribution >= 0.6 is 0 Å². The lowest BCUT2D eigenvalue weighted by molar-refractivity contribution is -0.657. The van der Waals surface area contributed by atoms with Gasteiger partial charge in [0.2, 0.25) is 5.95 Å². The largest absolute Gasteiger partial charge is 0.421 e. The molecule has 0 saturated carbocycles. The first-order valence-corrected chi connectivity index (χ1v) is 17.7. The van der Waals surface area contributed by atoms with E-state index in [1.807, 2.05) is 132 Å². The number of azo groups is 2. The summed E-state index contributed by atoms with van der Waals surface area (Å²) >= 11 is 0. The fourth-order valence-corrected chi connectivity index (χ4v) is 5.77. The first kappa shape index (κ1) is 35.5. The molecule has 0 amide bonds. The molecule has 0 bridgehead atoms. The van der Waals surface area contributed by atoms with Crippen LogP contribution in [0.3, 0.4) is 0 Å². The van der Waals surface area contributed by atoms with E-state index in [4.69, 9.17) is 15.0 Å². The van der Waals surface area contributed by atoms with Crippen molar-refractivity contribution in [3.63, 3.8) is 0 Å². The number of benzene rings is 3. The molecule has 0 saturated heterocycles. The maximum Gasteiger partial charge on any atom is 0.421 e. The summed E-state index contributed by atoms with van der Waals surface area (Å²) < 4.78 is 9.75. The number of aromatic nitrogens is 9. The van der Waals surface area contributed by atoms with Crippen LogP contribution in [0.5, 0.6) is 0 Å². The molecule has 0 aliphatic carbocycles. The van der Waals surface area contributed by atoms with Gasteiger partial charge in [0.05, 0.1) is 59.3 Å². The zero-order valence-corrected chi connectivity index (χ0v) is 30.8. The monoisotopic (exact) mass is 721 g/mol. The number of aryl methyl sites for hydroxylation is 5. The van der Waals surface area contributed by atoms with E-state index in [1.54, 1.807) is 6.20 Å². The summed E-state index contributed by atoms with van der Waals surface area (Å²) in [6.45, 7) is 1.57. The van der Waals surface area contributed by atoms with E-state index in [-0.39, 0.29) is 0 Å². The Bertz CT molecular complexity index is 2300. The summed E-state index contributed by atoms with van der Waals surface area (Å²) in [6, 6.07) is 24.2. The smallest absolute Gasteiger partial charge is 0.356 e. The number of imidazole rings is 3. The summed E-state index contributed by atoms with van der Waals surface area (Å²) in [5.74, 6) is 3.49. The van der Waals surface area contributed by atoms with E-state index >= 15 is 0 Å². The predicted octanol–water partition coefficient (Wildman–Crippen LogP) is 6.65. The highest BCUT2D eigenvalue weighted by molar-refractivity contribution is 5.62. The standard InChI is InChI=1S/C39H42N15/c1-50-22-23-51(2)38(50)48-46-33-12-8-30(9-13-33)27-36-43-35(44-37(45-36)41-18-5-20-54-21-19-40-28-54)26-29-6-10-31(11-7-29)42-32-14-16-34(17-15-32)47-49-39-52(3)24-25-53(39)4/h6-17,19,21-25,28H,5,18,20,26-27H2,1-4H3,(H,41,43,44,45)/q+1/p+1. The van der Waals surface area contributed by atoms with Crippen molar-refractivity contribution in [1.29, 1.82) is 0 Å². The molecule has 0 radical (unpaired) electrons. The SMILES string of the molecule is Cn1cc[n+](C)c1N=Nc1ccc(Cc2nc(Cc3ccc(Nc4ccc(N=Nc5n(C)cc[n+]5C)cc4)cc3)nc(NCCCn3ccnc3)n2)cc1. The molecule has 4 heterocycles. The van der Waals surface area contributed by atoms with Gasteiger partial charge in [-0.1, -0.05) is 34.5 Å². The molecule has 15 heteroatoms. The Labute approximate surface area is 313 Å². The Hall–Kier alpha value is -6.90. The molecule has 2 N–H and O–H groups in total. The van der Waals surface area contributed by atoms with Crippen LogP contribution in [-0.4, -0.2) is 40.2 Å². The molecule has 0 spiro atoms. The van der Waals surface area contributed by atoms with Crippen molar-refractivity contribution >= 4 is 40.6 Å². The van der Waals surface area contributed by atoms with E-state index in [2.05, 4.69) is 64.9 Å². The first-order valence-electron chi connectivity index (χ1n) is 17.7. The average Bonchev–Trinajstić information content (AvgIpc) is 3.90. The van der Waals surface area contributed by atoms with Gasteiger partial charge in [-0.05, 0) is 66.1 Å². The van der Waals surface area contributed by atoms with Gasteiger partial charge in [0.15, 0.2) is 0 Å². The lowest BCUT2D eigenvalue weighted by Crippen LogP contribution is -2.25. The second kappa shape index (κ2) is 16.6. The van der Waals surface area contributed by atoms with Crippen molar-refractivity contribution in [3.8, 4) is 0 Å². The molecule has 0 unspecified atom stereocenters. The van der Waals surface area contributed by atoms with Gasteiger partial charge in [0.25, 0.3) is 0 Å². The van der Waals surface area contributed by atoms with Crippen LogP contribution in [0.1, 0.15) is 29.2 Å². The summed E-state index contributed by atoms with van der Waals surface area (Å²) in [4.78, 5) is 18.6. The van der Waals surface area contributed by atoms with E-state index < -0.39 is 0 Å². The van der Waals surface area contributed by atoms with Gasteiger partial charge < -0.3 is 15.2 Å². The molecule has 0 aliphatic heterocycles. The van der Waals surface area contributed by atoms with Gasteiger partial charge in [-0.2, -0.15) is 9.97 Å². The summed E-state index contributed by atoms with van der Waals surface area (Å²) in [6.07, 6.45) is 15.4.